The van der Waals surface area contributed by atoms with Crippen LogP contribution < -0.4 is 5.32 Å². The van der Waals surface area contributed by atoms with Gasteiger partial charge in [-0.15, -0.1) is 0 Å². The van der Waals surface area contributed by atoms with Crippen LogP contribution in [0.1, 0.15) is 58.3 Å². The second kappa shape index (κ2) is 4.79. The number of hydrogen-bond acceptors (Lipinski definition) is 2. The van der Waals surface area contributed by atoms with Crippen LogP contribution >= 0.6 is 0 Å². The second-order valence-electron chi connectivity index (χ2n) is 7.35. The molecular weight excluding hydrogens is 222 g/mol. The molecule has 2 nitrogen and oxygen atoms in total. The minimum atomic E-state index is 0.166. The molecule has 2 heteroatoms. The lowest BCUT2D eigenvalue weighted by molar-refractivity contribution is -0.0694. The van der Waals surface area contributed by atoms with E-state index in [4.69, 9.17) is 4.74 Å². The third-order valence-electron chi connectivity index (χ3n) is 6.11. The highest BCUT2D eigenvalue weighted by molar-refractivity contribution is 5.00. The molecule has 0 aromatic heterocycles. The van der Waals surface area contributed by atoms with Crippen molar-refractivity contribution in [3.8, 4) is 0 Å². The number of ether oxygens (including phenoxy) is 1. The van der Waals surface area contributed by atoms with Crippen LogP contribution in [0.25, 0.3) is 0 Å². The molecule has 3 aliphatic rings. The summed E-state index contributed by atoms with van der Waals surface area (Å²) in [6, 6.07) is 0. The predicted molar refractivity (Wildman–Crippen MR) is 74.6 cm³/mol. The number of nitrogens with one attached hydrogen (secondary N) is 1. The van der Waals surface area contributed by atoms with Crippen molar-refractivity contribution in [1.29, 1.82) is 0 Å². The molecular formula is C16H29NO. The largest absolute Gasteiger partial charge is 0.379 e. The van der Waals surface area contributed by atoms with E-state index in [0.717, 1.165) is 11.8 Å². The summed E-state index contributed by atoms with van der Waals surface area (Å²) in [6.07, 6.45) is 11.3. The smallest absolute Gasteiger partial charge is 0.0651 e. The van der Waals surface area contributed by atoms with Gasteiger partial charge in [-0.1, -0.05) is 12.8 Å². The first kappa shape index (κ1) is 12.9. The first-order valence-corrected chi connectivity index (χ1v) is 7.92. The highest BCUT2D eigenvalue weighted by Gasteiger charge is 2.48. The molecule has 2 saturated carbocycles. The topological polar surface area (TPSA) is 21.3 Å². The minimum Gasteiger partial charge on any atom is -0.379 e. The lowest BCUT2D eigenvalue weighted by Gasteiger charge is -2.48. The van der Waals surface area contributed by atoms with Gasteiger partial charge in [-0.3, -0.25) is 0 Å². The molecule has 2 aliphatic carbocycles. The fourth-order valence-corrected chi connectivity index (χ4v) is 4.33. The Morgan fingerprint density at radius 1 is 1.11 bits per heavy atom. The zero-order chi connectivity index (χ0) is 12.6. The monoisotopic (exact) mass is 251 g/mol. The number of hydrogen-bond donors (Lipinski definition) is 1. The van der Waals surface area contributed by atoms with Crippen LogP contribution in [0.15, 0.2) is 0 Å². The average molecular weight is 251 g/mol. The Morgan fingerprint density at radius 2 is 1.83 bits per heavy atom. The Balaban J connectivity index is 1.70. The summed E-state index contributed by atoms with van der Waals surface area (Å²) in [5.74, 6) is 2.01. The fraction of sp³-hybridized carbons (Fsp3) is 1.00. The maximum absolute atomic E-state index is 5.74. The molecule has 1 unspecified atom stereocenters. The Morgan fingerprint density at radius 3 is 2.33 bits per heavy atom. The summed E-state index contributed by atoms with van der Waals surface area (Å²) in [5.41, 5.74) is 0.821. The molecule has 104 valence electrons. The maximum Gasteiger partial charge on any atom is 0.0651 e. The molecule has 1 atom stereocenters. The van der Waals surface area contributed by atoms with E-state index in [9.17, 15) is 0 Å². The Hall–Kier alpha value is -0.0800. The third kappa shape index (κ3) is 2.46. The maximum atomic E-state index is 5.74. The molecule has 3 fully saturated rings. The van der Waals surface area contributed by atoms with Gasteiger partial charge in [0, 0.05) is 7.11 Å². The van der Waals surface area contributed by atoms with E-state index in [1.54, 1.807) is 0 Å². The van der Waals surface area contributed by atoms with E-state index in [1.165, 1.54) is 64.5 Å². The van der Waals surface area contributed by atoms with Crippen LogP contribution in [-0.2, 0) is 4.74 Å². The molecule has 1 N–H and O–H groups in total. The normalized spacial score (nSPS) is 45.3. The second-order valence-corrected chi connectivity index (χ2v) is 7.35. The summed E-state index contributed by atoms with van der Waals surface area (Å²) in [6.45, 7) is 4.83. The highest BCUT2D eigenvalue weighted by Crippen LogP contribution is 2.55. The van der Waals surface area contributed by atoms with Crippen LogP contribution in [0.2, 0.25) is 0 Å². The summed E-state index contributed by atoms with van der Waals surface area (Å²) in [7, 11) is 1.89. The van der Waals surface area contributed by atoms with Gasteiger partial charge in [0.15, 0.2) is 0 Å². The molecule has 0 spiro atoms. The molecule has 0 bridgehead atoms. The van der Waals surface area contributed by atoms with Gasteiger partial charge in [0.1, 0.15) is 0 Å². The molecule has 18 heavy (non-hydrogen) atoms. The van der Waals surface area contributed by atoms with E-state index >= 15 is 0 Å². The fourth-order valence-electron chi connectivity index (χ4n) is 4.33. The lowest BCUT2D eigenvalue weighted by Crippen LogP contribution is -2.43. The number of rotatable bonds is 4. The van der Waals surface area contributed by atoms with Gasteiger partial charge in [-0.05, 0) is 75.8 Å². The summed E-state index contributed by atoms with van der Waals surface area (Å²) < 4.78 is 5.74. The SMILES string of the molecule is COC1(C)CCC(CC2CC2)(C2CCNC2)CC1. The van der Waals surface area contributed by atoms with Crippen LogP contribution in [0.4, 0.5) is 0 Å². The van der Waals surface area contributed by atoms with Crippen LogP contribution in [-0.4, -0.2) is 25.8 Å². The van der Waals surface area contributed by atoms with Crippen molar-refractivity contribution in [3.63, 3.8) is 0 Å². The lowest BCUT2D eigenvalue weighted by atomic mass is 9.60. The quantitative estimate of drug-likeness (QED) is 0.827. The van der Waals surface area contributed by atoms with E-state index in [2.05, 4.69) is 12.2 Å². The molecule has 0 amide bonds. The molecule has 0 aromatic carbocycles. The molecule has 0 aromatic rings. The molecule has 0 radical (unpaired) electrons. The zero-order valence-electron chi connectivity index (χ0n) is 12.1. The Kier molecular flexibility index (Phi) is 3.44. The first-order valence-electron chi connectivity index (χ1n) is 7.92. The van der Waals surface area contributed by atoms with Gasteiger partial charge < -0.3 is 10.1 Å². The van der Waals surface area contributed by atoms with E-state index in [0.29, 0.717) is 5.41 Å². The van der Waals surface area contributed by atoms with Gasteiger partial charge >= 0.3 is 0 Å². The summed E-state index contributed by atoms with van der Waals surface area (Å²) >= 11 is 0. The summed E-state index contributed by atoms with van der Waals surface area (Å²) in [4.78, 5) is 0. The van der Waals surface area contributed by atoms with E-state index in [-0.39, 0.29) is 5.60 Å². The van der Waals surface area contributed by atoms with Crippen molar-refractivity contribution < 1.29 is 4.74 Å². The van der Waals surface area contributed by atoms with Crippen LogP contribution in [0, 0.1) is 17.3 Å². The van der Waals surface area contributed by atoms with E-state index < -0.39 is 0 Å². The molecule has 1 saturated heterocycles. The molecule has 1 aliphatic heterocycles. The summed E-state index contributed by atoms with van der Waals surface area (Å²) in [5, 5.41) is 3.59. The number of methoxy groups -OCH3 is 1. The average Bonchev–Trinajstić information content (AvgIpc) is 3.02. The van der Waals surface area contributed by atoms with Gasteiger partial charge in [0.25, 0.3) is 0 Å². The highest BCUT2D eigenvalue weighted by atomic mass is 16.5. The van der Waals surface area contributed by atoms with Crippen molar-refractivity contribution in [1.82, 2.24) is 5.32 Å². The third-order valence-corrected chi connectivity index (χ3v) is 6.11. The van der Waals surface area contributed by atoms with Gasteiger partial charge in [0.2, 0.25) is 0 Å². The predicted octanol–water partition coefficient (Wildman–Crippen LogP) is 3.36. The van der Waals surface area contributed by atoms with E-state index in [1.807, 2.05) is 7.11 Å². The zero-order valence-corrected chi connectivity index (χ0v) is 12.1. The Labute approximate surface area is 112 Å². The van der Waals surface area contributed by atoms with Crippen molar-refractivity contribution >= 4 is 0 Å². The van der Waals surface area contributed by atoms with Crippen molar-refractivity contribution in [2.45, 2.75) is 63.9 Å². The van der Waals surface area contributed by atoms with Gasteiger partial charge in [-0.25, -0.2) is 0 Å². The standard InChI is InChI=1S/C16H29NO/c1-15(18-2)6-8-16(9-7-15,11-13-3-4-13)14-5-10-17-12-14/h13-14,17H,3-12H2,1-2H3. The first-order chi connectivity index (χ1) is 8.66. The minimum absolute atomic E-state index is 0.166. The molecule has 3 rings (SSSR count). The van der Waals surface area contributed by atoms with Crippen molar-refractivity contribution in [3.05, 3.63) is 0 Å². The van der Waals surface area contributed by atoms with Gasteiger partial charge in [-0.2, -0.15) is 0 Å². The molecule has 1 heterocycles. The van der Waals surface area contributed by atoms with Crippen molar-refractivity contribution in [2.75, 3.05) is 20.2 Å². The van der Waals surface area contributed by atoms with Crippen LogP contribution in [0.3, 0.4) is 0 Å². The van der Waals surface area contributed by atoms with Crippen molar-refractivity contribution in [2.24, 2.45) is 17.3 Å². The van der Waals surface area contributed by atoms with Gasteiger partial charge in [0.05, 0.1) is 5.60 Å². The van der Waals surface area contributed by atoms with Crippen LogP contribution in [0.5, 0.6) is 0 Å². The Bertz CT molecular complexity index is 283.